The Hall–Kier alpha value is -3.80. The summed E-state index contributed by atoms with van der Waals surface area (Å²) in [7, 11) is 0. The van der Waals surface area contributed by atoms with Gasteiger partial charge < -0.3 is 10.6 Å². The van der Waals surface area contributed by atoms with E-state index in [-0.39, 0.29) is 17.3 Å². The summed E-state index contributed by atoms with van der Waals surface area (Å²) in [6, 6.07) is 5.49. The minimum Gasteiger partial charge on any atom is -0.383 e. The molecule has 176 valence electrons. The Morgan fingerprint density at radius 1 is 1.00 bits per heavy atom. The third-order valence-corrected chi connectivity index (χ3v) is 5.93. The standard InChI is InChI=1S/C22H24F2N10/c23-17-6-4-7-19(20(17)24)34-22(28-29-31-34)16-12-15(13-26-21(16)25)18-14-33(30-27-18)11-5-10-32-8-2-1-3-9-32/h4,6-7,12-14H,1-3,5,8-11H2,(H2,25,26). The Balaban J connectivity index is 1.37. The van der Waals surface area contributed by atoms with Crippen LogP contribution in [-0.2, 0) is 6.54 Å². The summed E-state index contributed by atoms with van der Waals surface area (Å²) in [6.07, 6.45) is 8.29. The van der Waals surface area contributed by atoms with Crippen LogP contribution < -0.4 is 5.73 Å². The van der Waals surface area contributed by atoms with Crippen molar-refractivity contribution in [1.82, 2.24) is 45.1 Å². The summed E-state index contributed by atoms with van der Waals surface area (Å²) in [6.45, 7) is 4.14. The van der Waals surface area contributed by atoms with Crippen molar-refractivity contribution in [3.05, 3.63) is 48.3 Å². The lowest BCUT2D eigenvalue weighted by Gasteiger charge is -2.26. The van der Waals surface area contributed by atoms with Gasteiger partial charge in [-0.15, -0.1) is 10.2 Å². The van der Waals surface area contributed by atoms with Crippen LogP contribution in [0.4, 0.5) is 14.6 Å². The van der Waals surface area contributed by atoms with Gasteiger partial charge in [-0.25, -0.2) is 13.8 Å². The highest BCUT2D eigenvalue weighted by molar-refractivity contribution is 5.75. The molecular formula is C22H24F2N10. The maximum absolute atomic E-state index is 14.4. The highest BCUT2D eigenvalue weighted by Gasteiger charge is 2.20. The Kier molecular flexibility index (Phi) is 6.21. The number of benzene rings is 1. The van der Waals surface area contributed by atoms with Gasteiger partial charge in [0, 0.05) is 18.3 Å². The lowest BCUT2D eigenvalue weighted by atomic mass is 10.1. The van der Waals surface area contributed by atoms with Crippen molar-refractivity contribution in [2.24, 2.45) is 0 Å². The molecule has 0 amide bonds. The van der Waals surface area contributed by atoms with Gasteiger partial charge in [0.25, 0.3) is 0 Å². The topological polar surface area (TPSA) is 116 Å². The van der Waals surface area contributed by atoms with Gasteiger partial charge in [-0.1, -0.05) is 17.7 Å². The zero-order chi connectivity index (χ0) is 23.5. The number of hydrogen-bond donors (Lipinski definition) is 1. The molecule has 1 fully saturated rings. The predicted molar refractivity (Wildman–Crippen MR) is 121 cm³/mol. The molecule has 0 radical (unpaired) electrons. The number of anilines is 1. The van der Waals surface area contributed by atoms with Gasteiger partial charge in [0.1, 0.15) is 17.2 Å². The Morgan fingerprint density at radius 3 is 2.71 bits per heavy atom. The van der Waals surface area contributed by atoms with Crippen molar-refractivity contribution in [3.63, 3.8) is 0 Å². The first-order valence-electron chi connectivity index (χ1n) is 11.2. The van der Waals surface area contributed by atoms with Gasteiger partial charge in [-0.3, -0.25) is 4.68 Å². The number of halogens is 2. The molecule has 0 bridgehead atoms. The fourth-order valence-electron chi connectivity index (χ4n) is 4.15. The number of likely N-dealkylation sites (tertiary alicyclic amines) is 1. The molecule has 0 saturated carbocycles. The second-order valence-electron chi connectivity index (χ2n) is 8.27. The summed E-state index contributed by atoms with van der Waals surface area (Å²) in [5.74, 6) is -1.79. The number of piperidine rings is 1. The highest BCUT2D eigenvalue weighted by atomic mass is 19.2. The monoisotopic (exact) mass is 466 g/mol. The average Bonchev–Trinajstić information content (AvgIpc) is 3.52. The third kappa shape index (κ3) is 4.49. The van der Waals surface area contributed by atoms with Crippen molar-refractivity contribution in [1.29, 1.82) is 0 Å². The average molecular weight is 467 g/mol. The second kappa shape index (κ2) is 9.59. The third-order valence-electron chi connectivity index (χ3n) is 5.93. The molecule has 2 N–H and O–H groups in total. The molecule has 0 aliphatic carbocycles. The van der Waals surface area contributed by atoms with E-state index in [1.807, 2.05) is 10.9 Å². The number of aromatic nitrogens is 8. The zero-order valence-corrected chi connectivity index (χ0v) is 18.5. The maximum Gasteiger partial charge on any atom is 0.190 e. The predicted octanol–water partition coefficient (Wildman–Crippen LogP) is 2.72. The number of pyridine rings is 1. The van der Waals surface area contributed by atoms with E-state index in [4.69, 9.17) is 5.73 Å². The lowest BCUT2D eigenvalue weighted by Crippen LogP contribution is -2.31. The molecule has 0 spiro atoms. The lowest BCUT2D eigenvalue weighted by molar-refractivity contribution is 0.221. The number of aryl methyl sites for hydroxylation is 1. The van der Waals surface area contributed by atoms with E-state index in [9.17, 15) is 8.78 Å². The minimum absolute atomic E-state index is 0.130. The Labute approximate surface area is 194 Å². The zero-order valence-electron chi connectivity index (χ0n) is 18.5. The van der Waals surface area contributed by atoms with Crippen LogP contribution in [-0.4, -0.2) is 64.7 Å². The van der Waals surface area contributed by atoms with Gasteiger partial charge in [0.15, 0.2) is 17.5 Å². The quantitative estimate of drug-likeness (QED) is 0.442. The molecule has 1 aromatic carbocycles. The smallest absolute Gasteiger partial charge is 0.190 e. The van der Waals surface area contributed by atoms with Crippen LogP contribution in [0.25, 0.3) is 28.3 Å². The molecular weight excluding hydrogens is 442 g/mol. The highest BCUT2D eigenvalue weighted by Crippen LogP contribution is 2.29. The van der Waals surface area contributed by atoms with E-state index in [2.05, 4.69) is 35.7 Å². The van der Waals surface area contributed by atoms with E-state index in [0.717, 1.165) is 30.3 Å². The van der Waals surface area contributed by atoms with Crippen molar-refractivity contribution in [3.8, 4) is 28.3 Å². The molecule has 0 unspecified atom stereocenters. The number of nitrogen functional groups attached to an aromatic ring is 1. The molecule has 1 saturated heterocycles. The minimum atomic E-state index is -1.06. The van der Waals surface area contributed by atoms with Gasteiger partial charge in [-0.05, 0) is 67.5 Å². The summed E-state index contributed by atoms with van der Waals surface area (Å²) >= 11 is 0. The molecule has 12 heteroatoms. The summed E-state index contributed by atoms with van der Waals surface area (Å²) < 4.78 is 31.0. The van der Waals surface area contributed by atoms with E-state index in [0.29, 0.717) is 16.8 Å². The first-order valence-corrected chi connectivity index (χ1v) is 11.2. The molecule has 34 heavy (non-hydrogen) atoms. The molecule has 4 heterocycles. The maximum atomic E-state index is 14.4. The van der Waals surface area contributed by atoms with E-state index >= 15 is 0 Å². The largest absolute Gasteiger partial charge is 0.383 e. The van der Waals surface area contributed by atoms with E-state index < -0.39 is 11.6 Å². The van der Waals surface area contributed by atoms with Gasteiger partial charge in [0.05, 0.1) is 11.8 Å². The van der Waals surface area contributed by atoms with Crippen LogP contribution >= 0.6 is 0 Å². The summed E-state index contributed by atoms with van der Waals surface area (Å²) in [4.78, 5) is 6.73. The van der Waals surface area contributed by atoms with Gasteiger partial charge in [-0.2, -0.15) is 4.68 Å². The molecule has 3 aromatic heterocycles. The second-order valence-corrected chi connectivity index (χ2v) is 8.27. The fraction of sp³-hybridized carbons (Fsp3) is 0.364. The number of nitrogens with two attached hydrogens (primary N) is 1. The number of rotatable bonds is 7. The molecule has 10 nitrogen and oxygen atoms in total. The van der Waals surface area contributed by atoms with E-state index in [1.165, 1.54) is 44.5 Å². The summed E-state index contributed by atoms with van der Waals surface area (Å²) in [5.41, 5.74) is 7.58. The first-order chi connectivity index (χ1) is 16.6. The van der Waals surface area contributed by atoms with Gasteiger partial charge in [0.2, 0.25) is 0 Å². The summed E-state index contributed by atoms with van der Waals surface area (Å²) in [5, 5.41) is 19.9. The van der Waals surface area contributed by atoms with Crippen LogP contribution in [0.1, 0.15) is 25.7 Å². The van der Waals surface area contributed by atoms with Crippen molar-refractivity contribution in [2.45, 2.75) is 32.2 Å². The van der Waals surface area contributed by atoms with Crippen LogP contribution in [0.3, 0.4) is 0 Å². The van der Waals surface area contributed by atoms with Crippen molar-refractivity contribution >= 4 is 5.82 Å². The van der Waals surface area contributed by atoms with E-state index in [1.54, 1.807) is 12.3 Å². The van der Waals surface area contributed by atoms with Crippen LogP contribution in [0.5, 0.6) is 0 Å². The van der Waals surface area contributed by atoms with Gasteiger partial charge >= 0.3 is 0 Å². The fourth-order valence-corrected chi connectivity index (χ4v) is 4.15. The first kappa shape index (κ1) is 22.0. The molecule has 4 aromatic rings. The molecule has 5 rings (SSSR count). The molecule has 1 aliphatic rings. The Bertz CT molecular complexity index is 1280. The number of tetrazole rings is 1. The normalized spacial score (nSPS) is 14.5. The van der Waals surface area contributed by atoms with Crippen molar-refractivity contribution < 1.29 is 8.78 Å². The van der Waals surface area contributed by atoms with Crippen LogP contribution in [0.15, 0.2) is 36.7 Å². The Morgan fingerprint density at radius 2 is 1.85 bits per heavy atom. The molecule has 0 atom stereocenters. The molecule has 1 aliphatic heterocycles. The number of nitrogens with zero attached hydrogens (tertiary/aromatic N) is 9. The van der Waals surface area contributed by atoms with Crippen molar-refractivity contribution in [2.75, 3.05) is 25.4 Å². The van der Waals surface area contributed by atoms with Crippen LogP contribution in [0.2, 0.25) is 0 Å². The van der Waals surface area contributed by atoms with Crippen LogP contribution in [0, 0.1) is 11.6 Å². The SMILES string of the molecule is Nc1ncc(-c2cn(CCCN3CCCCC3)nn2)cc1-c1nnnn1-c1cccc(F)c1F. The number of hydrogen-bond acceptors (Lipinski definition) is 8.